The van der Waals surface area contributed by atoms with Crippen molar-refractivity contribution in [2.45, 2.75) is 129 Å². The molecule has 0 rings (SSSR count). The molecule has 1 atom stereocenters. The van der Waals surface area contributed by atoms with Gasteiger partial charge in [0.2, 0.25) is 0 Å². The number of carbonyl (C=O) groups excluding carboxylic acids is 1. The fraction of sp³-hybridized carbons (Fsp3) is 0.880. The minimum absolute atomic E-state index is 0.766. The number of aldehydes is 1. The van der Waals surface area contributed by atoms with Crippen molar-refractivity contribution >= 4 is 32.7 Å². The van der Waals surface area contributed by atoms with Crippen LogP contribution in [0.4, 0.5) is 0 Å². The van der Waals surface area contributed by atoms with Gasteiger partial charge in [-0.15, -0.1) is 0 Å². The standard InChI is InChI=1S/C13H23OSi.3C4H9.Sn/c1-13(10-8-11-14)9-6-5-7-12-15(2,3)4;3*1-3-4-2;/h11,13H,1,5-6,8-10H2,2-4H3;3*1,3-4H2,2H3;. The third-order valence-corrected chi connectivity index (χ3v) is 23.1. The van der Waals surface area contributed by atoms with Gasteiger partial charge in [-0.05, 0) is 0 Å². The summed E-state index contributed by atoms with van der Waals surface area (Å²) >= 11 is -2.10. The summed E-state index contributed by atoms with van der Waals surface area (Å²) in [6.45, 7) is 14.0. The molecule has 0 aliphatic carbocycles. The first-order chi connectivity index (χ1) is 13.3. The summed E-state index contributed by atoms with van der Waals surface area (Å²) in [6.07, 6.45) is 15.0. The summed E-state index contributed by atoms with van der Waals surface area (Å²) in [7, 11) is -1.24. The molecule has 0 heterocycles. The predicted octanol–water partition coefficient (Wildman–Crippen LogP) is 8.48. The van der Waals surface area contributed by atoms with E-state index in [-0.39, 0.29) is 0 Å². The molecule has 28 heavy (non-hydrogen) atoms. The molecule has 0 saturated carbocycles. The zero-order valence-corrected chi connectivity index (χ0v) is 24.0. The van der Waals surface area contributed by atoms with Crippen LogP contribution in [0.2, 0.25) is 37.4 Å². The van der Waals surface area contributed by atoms with Gasteiger partial charge in [-0.25, -0.2) is 0 Å². The number of hydrogen-bond acceptors (Lipinski definition) is 1. The van der Waals surface area contributed by atoms with Crippen LogP contribution in [0.25, 0.3) is 0 Å². The van der Waals surface area contributed by atoms with Crippen LogP contribution in [0.5, 0.6) is 0 Å². The van der Waals surface area contributed by atoms with Gasteiger partial charge in [-0.2, -0.15) is 0 Å². The van der Waals surface area contributed by atoms with E-state index < -0.39 is 26.5 Å². The summed E-state index contributed by atoms with van der Waals surface area (Å²) in [5, 5.41) is 0. The Morgan fingerprint density at radius 1 is 0.857 bits per heavy atom. The van der Waals surface area contributed by atoms with E-state index in [9.17, 15) is 4.79 Å². The van der Waals surface area contributed by atoms with Crippen molar-refractivity contribution in [3.63, 3.8) is 0 Å². The van der Waals surface area contributed by atoms with Crippen molar-refractivity contribution in [2.75, 3.05) is 0 Å². The average Bonchev–Trinajstić information content (AvgIpc) is 2.65. The Bertz CT molecular complexity index is 422. The van der Waals surface area contributed by atoms with E-state index in [1.807, 2.05) is 0 Å². The second-order valence-electron chi connectivity index (χ2n) is 10.1. The Kier molecular flexibility index (Phi) is 17.1. The number of hydrogen-bond donors (Lipinski definition) is 0. The number of carbonyl (C=O) groups is 1. The molecule has 0 aromatic carbocycles. The zero-order chi connectivity index (χ0) is 21.3. The van der Waals surface area contributed by atoms with E-state index in [0.29, 0.717) is 0 Å². The molecule has 3 heteroatoms. The van der Waals surface area contributed by atoms with E-state index in [1.54, 1.807) is 17.7 Å². The molecule has 0 aromatic rings. The molecule has 0 saturated heterocycles. The van der Waals surface area contributed by atoms with Crippen molar-refractivity contribution < 1.29 is 4.79 Å². The van der Waals surface area contributed by atoms with E-state index in [2.05, 4.69) is 51.9 Å². The molecule has 0 aromatic heterocycles. The Morgan fingerprint density at radius 3 is 1.82 bits per heavy atom. The molecule has 0 N–H and O–H groups in total. The summed E-state index contributed by atoms with van der Waals surface area (Å²) in [5.41, 5.74) is 3.52. The summed E-state index contributed by atoms with van der Waals surface area (Å²) < 4.78 is 6.33. The van der Waals surface area contributed by atoms with Gasteiger partial charge in [-0.3, -0.25) is 0 Å². The van der Waals surface area contributed by atoms with Crippen molar-refractivity contribution in [3.8, 4) is 11.5 Å². The molecule has 0 bridgehead atoms. The molecule has 164 valence electrons. The first-order valence-corrected chi connectivity index (χ1v) is 23.8. The SMILES string of the molecule is CCC[CH2][Sn]([CH2]CCC)([CH2]CCC)[CH2]C(CCC=O)CCCC#C[Si](C)(C)C. The van der Waals surface area contributed by atoms with Crippen molar-refractivity contribution in [1.82, 2.24) is 0 Å². The van der Waals surface area contributed by atoms with Gasteiger partial charge < -0.3 is 0 Å². The van der Waals surface area contributed by atoms with E-state index in [0.717, 1.165) is 31.5 Å². The molecule has 0 spiro atoms. The van der Waals surface area contributed by atoms with Gasteiger partial charge in [0.15, 0.2) is 0 Å². The normalized spacial score (nSPS) is 13.1. The quantitative estimate of drug-likeness (QED) is 0.0825. The van der Waals surface area contributed by atoms with Gasteiger partial charge in [0, 0.05) is 0 Å². The summed E-state index contributed by atoms with van der Waals surface area (Å²) in [6, 6.07) is 0. The maximum atomic E-state index is 11.1. The van der Waals surface area contributed by atoms with Crippen LogP contribution in [0.3, 0.4) is 0 Å². The molecule has 1 nitrogen and oxygen atoms in total. The Labute approximate surface area is 183 Å². The van der Waals surface area contributed by atoms with Crippen LogP contribution in [-0.2, 0) is 4.79 Å². The fourth-order valence-corrected chi connectivity index (χ4v) is 23.1. The van der Waals surface area contributed by atoms with Crippen LogP contribution < -0.4 is 0 Å². The molecule has 0 radical (unpaired) electrons. The Balaban J connectivity index is 5.08. The van der Waals surface area contributed by atoms with Crippen LogP contribution in [0.15, 0.2) is 0 Å². The first kappa shape index (κ1) is 28.2. The van der Waals surface area contributed by atoms with E-state index in [1.165, 1.54) is 51.4 Å². The third kappa shape index (κ3) is 15.1. The van der Waals surface area contributed by atoms with Gasteiger partial charge in [0.25, 0.3) is 0 Å². The summed E-state index contributed by atoms with van der Waals surface area (Å²) in [5.74, 6) is 4.25. The van der Waals surface area contributed by atoms with Crippen molar-refractivity contribution in [3.05, 3.63) is 0 Å². The second-order valence-corrected chi connectivity index (χ2v) is 28.8. The molecule has 1 unspecified atom stereocenters. The molecule has 0 aliphatic rings. The van der Waals surface area contributed by atoms with Crippen LogP contribution in [0.1, 0.15) is 91.4 Å². The second kappa shape index (κ2) is 17.0. The van der Waals surface area contributed by atoms with Crippen LogP contribution in [0, 0.1) is 17.4 Å². The van der Waals surface area contributed by atoms with Crippen molar-refractivity contribution in [2.24, 2.45) is 5.92 Å². The number of unbranched alkanes of at least 4 members (excludes halogenated alkanes) is 4. The van der Waals surface area contributed by atoms with Gasteiger partial charge in [0.1, 0.15) is 0 Å². The predicted molar refractivity (Wildman–Crippen MR) is 133 cm³/mol. The summed E-state index contributed by atoms with van der Waals surface area (Å²) in [4.78, 5) is 11.1. The fourth-order valence-electron chi connectivity index (χ4n) is 4.41. The van der Waals surface area contributed by atoms with E-state index in [4.69, 9.17) is 0 Å². The van der Waals surface area contributed by atoms with Crippen LogP contribution in [-0.4, -0.2) is 32.7 Å². The molecule has 0 amide bonds. The zero-order valence-electron chi connectivity index (χ0n) is 20.2. The maximum absolute atomic E-state index is 11.1. The molecule has 0 aliphatic heterocycles. The average molecular weight is 513 g/mol. The Hall–Kier alpha value is 0.246. The topological polar surface area (TPSA) is 17.1 Å². The van der Waals surface area contributed by atoms with E-state index >= 15 is 0 Å². The first-order valence-electron chi connectivity index (χ1n) is 12.3. The molecular formula is C25H50OSiSn. The monoisotopic (exact) mass is 514 g/mol. The van der Waals surface area contributed by atoms with Crippen LogP contribution >= 0.6 is 0 Å². The molecular weight excluding hydrogens is 463 g/mol. The minimum atomic E-state index is -2.10. The molecule has 0 fully saturated rings. The number of rotatable bonds is 17. The van der Waals surface area contributed by atoms with Gasteiger partial charge >= 0.3 is 184 Å². The van der Waals surface area contributed by atoms with Gasteiger partial charge in [0.05, 0.1) is 0 Å². The third-order valence-electron chi connectivity index (χ3n) is 5.97. The van der Waals surface area contributed by atoms with Crippen molar-refractivity contribution in [1.29, 1.82) is 0 Å². The Morgan fingerprint density at radius 2 is 1.39 bits per heavy atom. The van der Waals surface area contributed by atoms with Gasteiger partial charge in [-0.1, -0.05) is 0 Å².